The van der Waals surface area contributed by atoms with Gasteiger partial charge in [0.2, 0.25) is 15.9 Å². The molecule has 0 aromatic heterocycles. The maximum Gasteiger partial charge on any atom is 0.246 e. The third-order valence-corrected chi connectivity index (χ3v) is 8.48. The second-order valence-electron chi connectivity index (χ2n) is 6.79. The van der Waals surface area contributed by atoms with E-state index in [0.29, 0.717) is 25.4 Å². The number of carbonyl (C=O) groups is 1. The highest BCUT2D eigenvalue weighted by atomic mass is 32.2. The van der Waals surface area contributed by atoms with Crippen molar-refractivity contribution in [3.8, 4) is 5.75 Å². The molecule has 0 bridgehead atoms. The molecule has 27 heavy (non-hydrogen) atoms. The SMILES string of the molecule is CCOc1ccc(NC(=O)[C@H]2CCS(=O)(=O)C2)cc1S(=O)(=O)N1CCCC1. The van der Waals surface area contributed by atoms with Crippen LogP contribution in [-0.4, -0.2) is 58.3 Å². The monoisotopic (exact) mass is 416 g/mol. The molecular weight excluding hydrogens is 392 g/mol. The van der Waals surface area contributed by atoms with Gasteiger partial charge in [-0.1, -0.05) is 0 Å². The van der Waals surface area contributed by atoms with E-state index < -0.39 is 31.7 Å². The van der Waals surface area contributed by atoms with E-state index in [2.05, 4.69) is 5.32 Å². The summed E-state index contributed by atoms with van der Waals surface area (Å²) in [6.45, 7) is 3.01. The van der Waals surface area contributed by atoms with Gasteiger partial charge in [-0.05, 0) is 44.4 Å². The van der Waals surface area contributed by atoms with Crippen LogP contribution in [0.15, 0.2) is 23.1 Å². The van der Waals surface area contributed by atoms with E-state index in [1.807, 2.05) is 0 Å². The van der Waals surface area contributed by atoms with Gasteiger partial charge in [-0.25, -0.2) is 16.8 Å². The van der Waals surface area contributed by atoms with Crippen molar-refractivity contribution in [3.63, 3.8) is 0 Å². The molecule has 150 valence electrons. The number of hydrogen-bond acceptors (Lipinski definition) is 6. The maximum atomic E-state index is 13.0. The molecule has 0 unspecified atom stereocenters. The highest BCUT2D eigenvalue weighted by molar-refractivity contribution is 7.91. The molecule has 1 aromatic rings. The maximum absolute atomic E-state index is 13.0. The minimum Gasteiger partial charge on any atom is -0.492 e. The van der Waals surface area contributed by atoms with Gasteiger partial charge in [-0.15, -0.1) is 0 Å². The van der Waals surface area contributed by atoms with Crippen LogP contribution in [-0.2, 0) is 24.7 Å². The van der Waals surface area contributed by atoms with Gasteiger partial charge in [0.05, 0.1) is 24.0 Å². The highest BCUT2D eigenvalue weighted by Gasteiger charge is 2.34. The average Bonchev–Trinajstić information content (AvgIpc) is 3.26. The Kier molecular flexibility index (Phi) is 5.78. The van der Waals surface area contributed by atoms with E-state index in [0.717, 1.165) is 12.8 Å². The molecule has 1 atom stereocenters. The Labute approximate surface area is 159 Å². The summed E-state index contributed by atoms with van der Waals surface area (Å²) in [5.41, 5.74) is 0.311. The minimum atomic E-state index is -3.73. The molecule has 0 spiro atoms. The van der Waals surface area contributed by atoms with Crippen LogP contribution >= 0.6 is 0 Å². The van der Waals surface area contributed by atoms with Crippen LogP contribution in [0.3, 0.4) is 0 Å². The lowest BCUT2D eigenvalue weighted by Crippen LogP contribution is -2.28. The molecule has 1 amide bonds. The minimum absolute atomic E-state index is 0.00293. The number of anilines is 1. The van der Waals surface area contributed by atoms with Gasteiger partial charge in [0.25, 0.3) is 0 Å². The Morgan fingerprint density at radius 1 is 1.30 bits per heavy atom. The zero-order valence-electron chi connectivity index (χ0n) is 15.2. The molecule has 8 nitrogen and oxygen atoms in total. The standard InChI is InChI=1S/C17H24N2O6S2/c1-2-25-15-6-5-14(18-17(20)13-7-10-26(21,22)12-13)11-16(15)27(23,24)19-8-3-4-9-19/h5-6,11,13H,2-4,7-10,12H2,1H3,(H,18,20)/t13-/m0/s1. The zero-order chi connectivity index (χ0) is 19.7. The molecule has 0 radical (unpaired) electrons. The first-order chi connectivity index (χ1) is 12.7. The normalized spacial score (nSPS) is 22.6. The number of hydrogen-bond donors (Lipinski definition) is 1. The van der Waals surface area contributed by atoms with Crippen molar-refractivity contribution >= 4 is 31.5 Å². The van der Waals surface area contributed by atoms with Crippen LogP contribution in [0.25, 0.3) is 0 Å². The molecule has 1 aromatic carbocycles. The summed E-state index contributed by atoms with van der Waals surface area (Å²) in [5.74, 6) is -0.951. The zero-order valence-corrected chi connectivity index (χ0v) is 16.8. The Hall–Kier alpha value is -1.65. The topological polar surface area (TPSA) is 110 Å². The first-order valence-corrected chi connectivity index (χ1v) is 12.3. The summed E-state index contributed by atoms with van der Waals surface area (Å²) >= 11 is 0. The molecule has 1 N–H and O–H groups in total. The summed E-state index contributed by atoms with van der Waals surface area (Å²) < 4.78 is 55.9. The predicted molar refractivity (Wildman–Crippen MR) is 101 cm³/mol. The summed E-state index contributed by atoms with van der Waals surface area (Å²) in [5, 5.41) is 2.65. The van der Waals surface area contributed by atoms with Crippen LogP contribution in [0.1, 0.15) is 26.2 Å². The van der Waals surface area contributed by atoms with Gasteiger partial charge >= 0.3 is 0 Å². The van der Waals surface area contributed by atoms with Crippen molar-refractivity contribution in [2.24, 2.45) is 5.92 Å². The summed E-state index contributed by atoms with van der Waals surface area (Å²) in [6, 6.07) is 4.48. The Morgan fingerprint density at radius 2 is 2.00 bits per heavy atom. The van der Waals surface area contributed by atoms with Gasteiger partial charge in [0.1, 0.15) is 10.6 Å². The van der Waals surface area contributed by atoms with Crippen molar-refractivity contribution in [1.82, 2.24) is 4.31 Å². The fourth-order valence-electron chi connectivity index (χ4n) is 3.38. The van der Waals surface area contributed by atoms with E-state index in [-0.39, 0.29) is 28.6 Å². The number of rotatable bonds is 6. The summed E-state index contributed by atoms with van der Waals surface area (Å²) in [4.78, 5) is 12.4. The summed E-state index contributed by atoms with van der Waals surface area (Å²) in [7, 11) is -6.90. The Bertz CT molecular complexity index is 921. The molecule has 10 heteroatoms. The third kappa shape index (κ3) is 4.44. The molecule has 0 saturated carbocycles. The highest BCUT2D eigenvalue weighted by Crippen LogP contribution is 2.32. The van der Waals surface area contributed by atoms with Gasteiger partial charge in [-0.2, -0.15) is 4.31 Å². The van der Waals surface area contributed by atoms with Crippen molar-refractivity contribution in [2.75, 3.05) is 36.5 Å². The predicted octanol–water partition coefficient (Wildman–Crippen LogP) is 1.24. The second-order valence-corrected chi connectivity index (χ2v) is 10.9. The first kappa shape index (κ1) is 20.1. The quantitative estimate of drug-likeness (QED) is 0.747. The third-order valence-electron chi connectivity index (χ3n) is 4.80. The number of nitrogens with one attached hydrogen (secondary N) is 1. The number of carbonyl (C=O) groups excluding carboxylic acids is 1. The first-order valence-electron chi connectivity index (χ1n) is 9.01. The van der Waals surface area contributed by atoms with Crippen molar-refractivity contribution in [2.45, 2.75) is 31.1 Å². The van der Waals surface area contributed by atoms with Gasteiger partial charge in [0.15, 0.2) is 9.84 Å². The van der Waals surface area contributed by atoms with Gasteiger partial charge < -0.3 is 10.1 Å². The van der Waals surface area contributed by atoms with Crippen LogP contribution in [0, 0.1) is 5.92 Å². The molecule has 0 aliphatic carbocycles. The van der Waals surface area contributed by atoms with Crippen LogP contribution in [0.4, 0.5) is 5.69 Å². The molecule has 2 aliphatic rings. The average molecular weight is 417 g/mol. The van der Waals surface area contributed by atoms with Gasteiger partial charge in [0, 0.05) is 18.8 Å². The largest absolute Gasteiger partial charge is 0.492 e. The molecule has 2 aliphatic heterocycles. The smallest absolute Gasteiger partial charge is 0.246 e. The molecular formula is C17H24N2O6S2. The number of nitrogens with zero attached hydrogens (tertiary/aromatic N) is 1. The fourth-order valence-corrected chi connectivity index (χ4v) is 6.79. The van der Waals surface area contributed by atoms with Crippen LogP contribution in [0.2, 0.25) is 0 Å². The Morgan fingerprint density at radius 3 is 2.59 bits per heavy atom. The van der Waals surface area contributed by atoms with E-state index in [1.54, 1.807) is 13.0 Å². The summed E-state index contributed by atoms with van der Waals surface area (Å²) in [6.07, 6.45) is 1.91. The molecule has 3 rings (SSSR count). The van der Waals surface area contributed by atoms with E-state index >= 15 is 0 Å². The number of sulfonamides is 1. The number of amides is 1. The van der Waals surface area contributed by atoms with E-state index in [9.17, 15) is 21.6 Å². The number of benzene rings is 1. The molecule has 2 heterocycles. The van der Waals surface area contributed by atoms with Crippen LogP contribution in [0.5, 0.6) is 5.75 Å². The second kappa shape index (κ2) is 7.76. The lowest BCUT2D eigenvalue weighted by atomic mass is 10.1. The fraction of sp³-hybridized carbons (Fsp3) is 0.588. The molecule has 2 fully saturated rings. The lowest BCUT2D eigenvalue weighted by Gasteiger charge is -2.19. The van der Waals surface area contributed by atoms with E-state index in [1.165, 1.54) is 16.4 Å². The van der Waals surface area contributed by atoms with Crippen molar-refractivity contribution in [3.05, 3.63) is 18.2 Å². The van der Waals surface area contributed by atoms with Gasteiger partial charge in [-0.3, -0.25) is 4.79 Å². The molecule has 2 saturated heterocycles. The van der Waals surface area contributed by atoms with Crippen molar-refractivity contribution < 1.29 is 26.4 Å². The Balaban J connectivity index is 1.86. The van der Waals surface area contributed by atoms with Crippen molar-refractivity contribution in [1.29, 1.82) is 0 Å². The van der Waals surface area contributed by atoms with Crippen LogP contribution < -0.4 is 10.1 Å². The number of ether oxygens (including phenoxy) is 1. The lowest BCUT2D eigenvalue weighted by molar-refractivity contribution is -0.119. The van der Waals surface area contributed by atoms with E-state index in [4.69, 9.17) is 4.74 Å². The number of sulfone groups is 1.